The number of ether oxygens (including phenoxy) is 2. The monoisotopic (exact) mass is 358 g/mol. The molecule has 0 spiro atoms. The molecule has 0 radical (unpaired) electrons. The average Bonchev–Trinajstić information content (AvgIpc) is 2.63. The number of nitrogens with one attached hydrogen (secondary N) is 2. The third-order valence-electron chi connectivity index (χ3n) is 3.60. The van der Waals surface area contributed by atoms with Gasteiger partial charge in [-0.15, -0.1) is 0 Å². The largest absolute Gasteiger partial charge is 0.496 e. The zero-order chi connectivity index (χ0) is 18.2. The molecule has 0 heterocycles. The Morgan fingerprint density at radius 3 is 2.48 bits per heavy atom. The molecule has 132 valence electrons. The standard InChI is InChI=1S/C19H22N2O3S/c1-4-13(2)24-15-11-9-14(10-12-15)20-19(25)21-18(22)16-7-5-6-8-17(16)23-3/h5-13H,4H2,1-3H3,(H2,20,21,22,25). The lowest BCUT2D eigenvalue weighted by Crippen LogP contribution is -2.34. The molecule has 1 unspecified atom stereocenters. The minimum Gasteiger partial charge on any atom is -0.496 e. The summed E-state index contributed by atoms with van der Waals surface area (Å²) in [5.41, 5.74) is 1.19. The van der Waals surface area contributed by atoms with E-state index >= 15 is 0 Å². The molecule has 0 aliphatic heterocycles. The molecule has 0 aliphatic carbocycles. The van der Waals surface area contributed by atoms with Gasteiger partial charge in [0.15, 0.2) is 5.11 Å². The third kappa shape index (κ3) is 5.46. The molecule has 0 aliphatic rings. The van der Waals surface area contributed by atoms with Crippen LogP contribution in [-0.4, -0.2) is 24.2 Å². The summed E-state index contributed by atoms with van der Waals surface area (Å²) in [6, 6.07) is 14.4. The van der Waals surface area contributed by atoms with Crippen LogP contribution < -0.4 is 20.1 Å². The van der Waals surface area contributed by atoms with Gasteiger partial charge in [-0.1, -0.05) is 19.1 Å². The van der Waals surface area contributed by atoms with E-state index < -0.39 is 0 Å². The molecular formula is C19H22N2O3S. The van der Waals surface area contributed by atoms with Crippen molar-refractivity contribution in [3.8, 4) is 11.5 Å². The van der Waals surface area contributed by atoms with Gasteiger partial charge in [0.1, 0.15) is 11.5 Å². The number of hydrogen-bond donors (Lipinski definition) is 2. The fraction of sp³-hybridized carbons (Fsp3) is 0.263. The van der Waals surface area contributed by atoms with Crippen molar-refractivity contribution in [3.63, 3.8) is 0 Å². The van der Waals surface area contributed by atoms with Crippen LogP contribution in [0.3, 0.4) is 0 Å². The smallest absolute Gasteiger partial charge is 0.261 e. The van der Waals surface area contributed by atoms with Crippen molar-refractivity contribution in [1.82, 2.24) is 5.32 Å². The van der Waals surface area contributed by atoms with Gasteiger partial charge in [0.05, 0.1) is 18.8 Å². The van der Waals surface area contributed by atoms with E-state index in [2.05, 4.69) is 17.6 Å². The number of anilines is 1. The Morgan fingerprint density at radius 1 is 1.16 bits per heavy atom. The maximum atomic E-state index is 12.3. The van der Waals surface area contributed by atoms with Gasteiger partial charge in [0, 0.05) is 5.69 Å². The fourth-order valence-electron chi connectivity index (χ4n) is 2.10. The van der Waals surface area contributed by atoms with E-state index in [1.54, 1.807) is 24.3 Å². The number of para-hydroxylation sites is 1. The van der Waals surface area contributed by atoms with E-state index in [4.69, 9.17) is 21.7 Å². The Morgan fingerprint density at radius 2 is 1.84 bits per heavy atom. The van der Waals surface area contributed by atoms with Crippen LogP contribution in [0.5, 0.6) is 11.5 Å². The molecule has 0 bridgehead atoms. The van der Waals surface area contributed by atoms with Gasteiger partial charge in [-0.2, -0.15) is 0 Å². The van der Waals surface area contributed by atoms with Crippen molar-refractivity contribution in [2.24, 2.45) is 0 Å². The van der Waals surface area contributed by atoms with Crippen LogP contribution in [0.2, 0.25) is 0 Å². The number of methoxy groups -OCH3 is 1. The summed E-state index contributed by atoms with van der Waals surface area (Å²) in [6.45, 7) is 4.10. The first-order valence-electron chi connectivity index (χ1n) is 8.05. The molecule has 0 saturated heterocycles. The second-order valence-corrected chi connectivity index (χ2v) is 5.88. The van der Waals surface area contributed by atoms with Crippen LogP contribution >= 0.6 is 12.2 Å². The summed E-state index contributed by atoms with van der Waals surface area (Å²) in [7, 11) is 1.52. The highest BCUT2D eigenvalue weighted by molar-refractivity contribution is 7.80. The van der Waals surface area contributed by atoms with Crippen molar-refractivity contribution in [1.29, 1.82) is 0 Å². The van der Waals surface area contributed by atoms with E-state index in [1.807, 2.05) is 31.2 Å². The predicted molar refractivity (Wildman–Crippen MR) is 104 cm³/mol. The van der Waals surface area contributed by atoms with Crippen LogP contribution in [-0.2, 0) is 0 Å². The van der Waals surface area contributed by atoms with Crippen LogP contribution in [0.15, 0.2) is 48.5 Å². The molecule has 25 heavy (non-hydrogen) atoms. The number of carbonyl (C=O) groups is 1. The van der Waals surface area contributed by atoms with Gasteiger partial charge in [-0.25, -0.2) is 0 Å². The second kappa shape index (κ2) is 9.03. The third-order valence-corrected chi connectivity index (χ3v) is 3.81. The Kier molecular flexibility index (Phi) is 6.77. The van der Waals surface area contributed by atoms with E-state index in [-0.39, 0.29) is 17.1 Å². The van der Waals surface area contributed by atoms with Crippen molar-refractivity contribution in [2.75, 3.05) is 12.4 Å². The molecule has 2 aromatic carbocycles. The SMILES string of the molecule is CCC(C)Oc1ccc(NC(=S)NC(=O)c2ccccc2OC)cc1. The first-order chi connectivity index (χ1) is 12.0. The van der Waals surface area contributed by atoms with Crippen molar-refractivity contribution in [3.05, 3.63) is 54.1 Å². The molecule has 1 amide bonds. The summed E-state index contributed by atoms with van der Waals surface area (Å²) in [4.78, 5) is 12.3. The van der Waals surface area contributed by atoms with Gasteiger partial charge < -0.3 is 14.8 Å². The maximum Gasteiger partial charge on any atom is 0.261 e. The first-order valence-corrected chi connectivity index (χ1v) is 8.46. The average molecular weight is 358 g/mol. The van der Waals surface area contributed by atoms with Crippen LogP contribution in [0.1, 0.15) is 30.6 Å². The van der Waals surface area contributed by atoms with Crippen LogP contribution in [0.25, 0.3) is 0 Å². The number of amides is 1. The van der Waals surface area contributed by atoms with E-state index in [0.29, 0.717) is 11.3 Å². The Labute approximate surface area is 153 Å². The second-order valence-electron chi connectivity index (χ2n) is 5.47. The summed E-state index contributed by atoms with van der Waals surface area (Å²) in [6.07, 6.45) is 1.11. The van der Waals surface area contributed by atoms with Crippen molar-refractivity contribution >= 4 is 28.9 Å². The van der Waals surface area contributed by atoms with E-state index in [1.165, 1.54) is 7.11 Å². The van der Waals surface area contributed by atoms with E-state index in [9.17, 15) is 4.79 Å². The normalized spacial score (nSPS) is 11.3. The van der Waals surface area contributed by atoms with Gasteiger partial charge in [-0.3, -0.25) is 10.1 Å². The van der Waals surface area contributed by atoms with Crippen molar-refractivity contribution < 1.29 is 14.3 Å². The lowest BCUT2D eigenvalue weighted by Gasteiger charge is -2.14. The summed E-state index contributed by atoms with van der Waals surface area (Å²) < 4.78 is 10.9. The number of benzene rings is 2. The Hall–Kier alpha value is -2.60. The van der Waals surface area contributed by atoms with E-state index in [0.717, 1.165) is 17.9 Å². The molecule has 0 aromatic heterocycles. The van der Waals surface area contributed by atoms with Gasteiger partial charge in [-0.05, 0) is 62.0 Å². The lowest BCUT2D eigenvalue weighted by molar-refractivity contribution is 0.0975. The van der Waals surface area contributed by atoms with Crippen LogP contribution in [0.4, 0.5) is 5.69 Å². The lowest BCUT2D eigenvalue weighted by atomic mass is 10.2. The zero-order valence-corrected chi connectivity index (χ0v) is 15.4. The Bertz CT molecular complexity index is 732. The number of carbonyl (C=O) groups excluding carboxylic acids is 1. The minimum atomic E-state index is -0.327. The van der Waals surface area contributed by atoms with Gasteiger partial charge in [0.25, 0.3) is 5.91 Å². The Balaban J connectivity index is 1.94. The fourth-order valence-corrected chi connectivity index (χ4v) is 2.31. The molecule has 2 aromatic rings. The minimum absolute atomic E-state index is 0.167. The summed E-state index contributed by atoms with van der Waals surface area (Å²) in [5.74, 6) is 0.963. The molecule has 2 rings (SSSR count). The summed E-state index contributed by atoms with van der Waals surface area (Å²) >= 11 is 5.20. The molecule has 5 nitrogen and oxygen atoms in total. The summed E-state index contributed by atoms with van der Waals surface area (Å²) in [5, 5.41) is 5.84. The maximum absolute atomic E-state index is 12.3. The topological polar surface area (TPSA) is 59.6 Å². The molecular weight excluding hydrogens is 336 g/mol. The molecule has 6 heteroatoms. The van der Waals surface area contributed by atoms with Gasteiger partial charge in [0.2, 0.25) is 0 Å². The highest BCUT2D eigenvalue weighted by Crippen LogP contribution is 2.19. The molecule has 1 atom stereocenters. The quantitative estimate of drug-likeness (QED) is 0.765. The van der Waals surface area contributed by atoms with Gasteiger partial charge >= 0.3 is 0 Å². The van der Waals surface area contributed by atoms with Crippen molar-refractivity contribution in [2.45, 2.75) is 26.4 Å². The zero-order valence-electron chi connectivity index (χ0n) is 14.5. The molecule has 0 saturated carbocycles. The molecule has 2 N–H and O–H groups in total. The number of thiocarbonyl (C=S) groups is 1. The number of rotatable bonds is 6. The molecule has 0 fully saturated rings. The number of hydrogen-bond acceptors (Lipinski definition) is 4. The highest BCUT2D eigenvalue weighted by atomic mass is 32.1. The predicted octanol–water partition coefficient (Wildman–Crippen LogP) is 4.00. The van der Waals surface area contributed by atoms with Crippen LogP contribution in [0, 0.1) is 0 Å². The highest BCUT2D eigenvalue weighted by Gasteiger charge is 2.12. The first kappa shape index (κ1) is 18.7.